The zero-order chi connectivity index (χ0) is 25.8. The number of methoxy groups -OCH3 is 1. The highest BCUT2D eigenvalue weighted by Gasteiger charge is 2.31. The van der Waals surface area contributed by atoms with Gasteiger partial charge in [-0.3, -0.25) is 10.1 Å². The lowest BCUT2D eigenvalue weighted by atomic mass is 10.1. The van der Waals surface area contributed by atoms with Crippen LogP contribution in [0.25, 0.3) is 10.3 Å². The quantitative estimate of drug-likeness (QED) is 0.241. The fourth-order valence-electron chi connectivity index (χ4n) is 3.58. The maximum Gasteiger partial charge on any atom is 0.280 e. The van der Waals surface area contributed by atoms with Crippen LogP contribution in [0.4, 0.5) is 5.13 Å². The highest BCUT2D eigenvalue weighted by molar-refractivity contribution is 7.92. The van der Waals surface area contributed by atoms with E-state index in [0.29, 0.717) is 45.0 Å². The van der Waals surface area contributed by atoms with Crippen LogP contribution in [-0.4, -0.2) is 60.6 Å². The van der Waals surface area contributed by atoms with E-state index in [-0.39, 0.29) is 23.8 Å². The van der Waals surface area contributed by atoms with Gasteiger partial charge in [0.25, 0.3) is 5.91 Å². The Morgan fingerprint density at radius 2 is 2.05 bits per heavy atom. The van der Waals surface area contributed by atoms with Gasteiger partial charge in [-0.2, -0.15) is 0 Å². The number of amides is 1. The van der Waals surface area contributed by atoms with E-state index < -0.39 is 21.0 Å². The van der Waals surface area contributed by atoms with Crippen LogP contribution in [0.3, 0.4) is 0 Å². The summed E-state index contributed by atoms with van der Waals surface area (Å²) in [6, 6.07) is 9.40. The van der Waals surface area contributed by atoms with Crippen molar-refractivity contribution in [2.75, 3.05) is 25.6 Å². The summed E-state index contributed by atoms with van der Waals surface area (Å²) in [5, 5.41) is 9.02. The van der Waals surface area contributed by atoms with Gasteiger partial charge < -0.3 is 14.3 Å². The molecule has 0 unspecified atom stereocenters. The van der Waals surface area contributed by atoms with Gasteiger partial charge in [0.2, 0.25) is 5.88 Å². The van der Waals surface area contributed by atoms with Gasteiger partial charge in [0.05, 0.1) is 23.9 Å². The Kier molecular flexibility index (Phi) is 7.41. The minimum absolute atomic E-state index is 0.0468. The molecule has 1 atom stereocenters. The van der Waals surface area contributed by atoms with Crippen LogP contribution >= 0.6 is 22.7 Å². The second kappa shape index (κ2) is 10.9. The lowest BCUT2D eigenvalue weighted by molar-refractivity contribution is -0.110. The minimum Gasteiger partial charge on any atom is -0.481 e. The van der Waals surface area contributed by atoms with Gasteiger partial charge in [-0.1, -0.05) is 28.6 Å². The number of carbonyl (C=O) groups is 1. The van der Waals surface area contributed by atoms with Gasteiger partial charge in [-0.15, -0.1) is 11.3 Å². The summed E-state index contributed by atoms with van der Waals surface area (Å²) in [6.07, 6.45) is 2.10. The number of aromatic nitrogens is 3. The first-order valence-electron chi connectivity index (χ1n) is 11.1. The molecule has 0 radical (unpaired) electrons. The number of fused-ring (bicyclic) bond motifs is 1. The number of thiazole rings is 2. The van der Waals surface area contributed by atoms with Crippen LogP contribution in [0.5, 0.6) is 5.88 Å². The summed E-state index contributed by atoms with van der Waals surface area (Å²) in [6.45, 7) is 0.670. The molecule has 1 aliphatic rings. The standard InChI is InChI=1S/C23H21N5O6S3/c1-32-18-7-6-17-22(26-18)36-23(25-17)27-21(29)20(28-34-13-19-24-9-11-35-19)14-2-4-15(5-3-14)37(30,31)16-8-10-33-12-16/h2-7,9,11,16H,8,10,12-13H2,1H3,(H,25,27,29)/b28-20+/t16-/m0/s1. The summed E-state index contributed by atoms with van der Waals surface area (Å²) in [5.41, 5.74) is 0.929. The highest BCUT2D eigenvalue weighted by atomic mass is 32.2. The molecule has 1 N–H and O–H groups in total. The first-order chi connectivity index (χ1) is 17.9. The molecule has 1 aliphatic heterocycles. The molecule has 4 aromatic rings. The van der Waals surface area contributed by atoms with Gasteiger partial charge in [0, 0.05) is 29.8 Å². The Labute approximate surface area is 220 Å². The number of sulfone groups is 1. The van der Waals surface area contributed by atoms with Gasteiger partial charge in [0.15, 0.2) is 27.3 Å². The Morgan fingerprint density at radius 1 is 1.22 bits per heavy atom. The predicted molar refractivity (Wildman–Crippen MR) is 139 cm³/mol. The number of carbonyl (C=O) groups excluding carboxylic acids is 1. The monoisotopic (exact) mass is 559 g/mol. The van der Waals surface area contributed by atoms with Gasteiger partial charge in [-0.25, -0.2) is 23.4 Å². The summed E-state index contributed by atoms with van der Waals surface area (Å²) in [4.78, 5) is 32.3. The first-order valence-corrected chi connectivity index (χ1v) is 14.3. The third-order valence-corrected chi connectivity index (χ3v) is 9.30. The summed E-state index contributed by atoms with van der Waals surface area (Å²) < 4.78 is 36.1. The number of rotatable bonds is 9. The number of benzene rings is 1. The van der Waals surface area contributed by atoms with E-state index >= 15 is 0 Å². The second-order valence-electron chi connectivity index (χ2n) is 7.85. The van der Waals surface area contributed by atoms with E-state index in [1.54, 1.807) is 23.7 Å². The number of nitrogens with zero attached hydrogens (tertiary/aromatic N) is 4. The number of oxime groups is 1. The van der Waals surface area contributed by atoms with Crippen molar-refractivity contribution >= 4 is 59.6 Å². The summed E-state index contributed by atoms with van der Waals surface area (Å²) >= 11 is 2.58. The minimum atomic E-state index is -3.55. The van der Waals surface area contributed by atoms with Crippen molar-refractivity contribution in [1.29, 1.82) is 0 Å². The summed E-state index contributed by atoms with van der Waals surface area (Å²) in [7, 11) is -2.03. The SMILES string of the molecule is COc1ccc2nc(NC(=O)/C(=N/OCc3nccs3)c3ccc(S(=O)(=O)[C@H]4CCOC4)cc3)sc2n1. The molecule has 11 nitrogen and oxygen atoms in total. The van der Waals surface area contributed by atoms with Crippen molar-refractivity contribution in [1.82, 2.24) is 15.0 Å². The van der Waals surface area contributed by atoms with E-state index in [2.05, 4.69) is 25.4 Å². The smallest absolute Gasteiger partial charge is 0.280 e. The van der Waals surface area contributed by atoms with Crippen LogP contribution < -0.4 is 10.1 Å². The van der Waals surface area contributed by atoms with E-state index in [1.165, 1.54) is 54.0 Å². The molecule has 5 rings (SSSR count). The van der Waals surface area contributed by atoms with Crippen molar-refractivity contribution in [2.24, 2.45) is 5.16 Å². The Hall–Kier alpha value is -3.46. The van der Waals surface area contributed by atoms with Crippen molar-refractivity contribution in [2.45, 2.75) is 23.2 Å². The molecule has 0 saturated carbocycles. The van der Waals surface area contributed by atoms with E-state index in [4.69, 9.17) is 14.3 Å². The molecule has 1 aromatic carbocycles. The molecule has 0 bridgehead atoms. The maximum absolute atomic E-state index is 13.2. The number of pyridine rings is 1. The average Bonchev–Trinajstić information content (AvgIpc) is 3.68. The number of nitrogens with one attached hydrogen (secondary N) is 1. The normalized spacial score (nSPS) is 16.1. The molecule has 192 valence electrons. The fourth-order valence-corrected chi connectivity index (χ4v) is 6.51. The molecule has 14 heteroatoms. The number of hydrogen-bond donors (Lipinski definition) is 1. The predicted octanol–water partition coefficient (Wildman–Crippen LogP) is 3.28. The number of hydrogen-bond acceptors (Lipinski definition) is 12. The molecule has 3 aromatic heterocycles. The lowest BCUT2D eigenvalue weighted by Crippen LogP contribution is -2.25. The van der Waals surface area contributed by atoms with Crippen molar-refractivity contribution in [3.63, 3.8) is 0 Å². The van der Waals surface area contributed by atoms with Gasteiger partial charge >= 0.3 is 0 Å². The molecule has 37 heavy (non-hydrogen) atoms. The van der Waals surface area contributed by atoms with Crippen molar-refractivity contribution in [3.05, 3.63) is 58.5 Å². The molecular formula is C23H21N5O6S3. The topological polar surface area (TPSA) is 142 Å². The van der Waals surface area contributed by atoms with E-state index in [1.807, 2.05) is 0 Å². The van der Waals surface area contributed by atoms with E-state index in [0.717, 1.165) is 0 Å². The van der Waals surface area contributed by atoms with Crippen LogP contribution in [0.2, 0.25) is 0 Å². The van der Waals surface area contributed by atoms with Gasteiger partial charge in [0.1, 0.15) is 15.4 Å². The highest BCUT2D eigenvalue weighted by Crippen LogP contribution is 2.27. The third kappa shape index (κ3) is 5.61. The Bertz CT molecular complexity index is 1530. The number of anilines is 1. The first kappa shape index (κ1) is 25.2. The van der Waals surface area contributed by atoms with Crippen molar-refractivity contribution < 1.29 is 27.5 Å². The molecule has 0 spiro atoms. The fraction of sp³-hybridized carbons (Fsp3) is 0.261. The molecule has 0 aliphatic carbocycles. The van der Waals surface area contributed by atoms with Gasteiger partial charge in [-0.05, 0) is 24.6 Å². The zero-order valence-electron chi connectivity index (χ0n) is 19.5. The van der Waals surface area contributed by atoms with Crippen LogP contribution in [-0.2, 0) is 30.8 Å². The molecule has 4 heterocycles. The Morgan fingerprint density at radius 3 is 2.76 bits per heavy atom. The lowest BCUT2D eigenvalue weighted by Gasteiger charge is -2.11. The second-order valence-corrected chi connectivity index (χ2v) is 12.0. The average molecular weight is 560 g/mol. The van der Waals surface area contributed by atoms with Crippen LogP contribution in [0.1, 0.15) is 17.0 Å². The molecule has 1 amide bonds. The van der Waals surface area contributed by atoms with Crippen LogP contribution in [0, 0.1) is 0 Å². The molecular weight excluding hydrogens is 538 g/mol. The van der Waals surface area contributed by atoms with E-state index in [9.17, 15) is 13.2 Å². The molecule has 1 fully saturated rings. The Balaban J connectivity index is 1.40. The number of ether oxygens (including phenoxy) is 2. The van der Waals surface area contributed by atoms with Crippen LogP contribution in [0.15, 0.2) is 58.0 Å². The maximum atomic E-state index is 13.2. The summed E-state index contributed by atoms with van der Waals surface area (Å²) in [5.74, 6) is -0.143. The molecule has 1 saturated heterocycles. The third-order valence-electron chi connectivity index (χ3n) is 5.49. The van der Waals surface area contributed by atoms with Crippen molar-refractivity contribution in [3.8, 4) is 5.88 Å². The largest absolute Gasteiger partial charge is 0.481 e. The zero-order valence-corrected chi connectivity index (χ0v) is 21.9.